The van der Waals surface area contributed by atoms with Gasteiger partial charge in [-0.1, -0.05) is 30.4 Å². The Kier molecular flexibility index (Phi) is 4.98. The van der Waals surface area contributed by atoms with E-state index in [4.69, 9.17) is 4.74 Å². The molecule has 0 saturated heterocycles. The normalized spacial score (nSPS) is 13.8. The van der Waals surface area contributed by atoms with E-state index in [1.165, 1.54) is 0 Å². The predicted molar refractivity (Wildman–Crippen MR) is 71.1 cm³/mol. The van der Waals surface area contributed by atoms with Gasteiger partial charge in [-0.3, -0.25) is 0 Å². The summed E-state index contributed by atoms with van der Waals surface area (Å²) < 4.78 is 5.30. The lowest BCUT2D eigenvalue weighted by Gasteiger charge is -2.28. The van der Waals surface area contributed by atoms with Crippen LogP contribution < -0.4 is 4.74 Å². The molecule has 1 atom stereocenters. The van der Waals surface area contributed by atoms with Crippen molar-refractivity contribution >= 4 is 0 Å². The Morgan fingerprint density at radius 3 is 2.59 bits per heavy atom. The molecule has 0 spiro atoms. The van der Waals surface area contributed by atoms with E-state index in [2.05, 4.69) is 13.2 Å². The van der Waals surface area contributed by atoms with E-state index >= 15 is 0 Å². The van der Waals surface area contributed by atoms with Gasteiger partial charge in [0, 0.05) is 5.56 Å². The Bertz CT molecular complexity index is 384. The third kappa shape index (κ3) is 3.21. The zero-order valence-corrected chi connectivity index (χ0v) is 10.4. The molecule has 2 nitrogen and oxygen atoms in total. The summed E-state index contributed by atoms with van der Waals surface area (Å²) in [6.07, 6.45) is 5.41. The Morgan fingerprint density at radius 1 is 1.29 bits per heavy atom. The fourth-order valence-electron chi connectivity index (χ4n) is 1.96. The van der Waals surface area contributed by atoms with Gasteiger partial charge in [-0.05, 0) is 25.3 Å². The molecule has 0 aliphatic rings. The third-order valence-electron chi connectivity index (χ3n) is 2.85. The second-order valence-corrected chi connectivity index (χ2v) is 4.05. The summed E-state index contributed by atoms with van der Waals surface area (Å²) in [6, 6.07) is 7.55. The maximum Gasteiger partial charge on any atom is 0.124 e. The smallest absolute Gasteiger partial charge is 0.124 e. The molecule has 92 valence electrons. The number of hydrogen-bond donors (Lipinski definition) is 1. The molecule has 1 unspecified atom stereocenters. The highest BCUT2D eigenvalue weighted by molar-refractivity contribution is 5.38. The van der Waals surface area contributed by atoms with Crippen molar-refractivity contribution in [1.82, 2.24) is 0 Å². The number of rotatable bonds is 7. The topological polar surface area (TPSA) is 29.5 Å². The molecule has 0 aromatic heterocycles. The van der Waals surface area contributed by atoms with E-state index in [1.54, 1.807) is 13.2 Å². The summed E-state index contributed by atoms with van der Waals surface area (Å²) in [5, 5.41) is 10.7. The summed E-state index contributed by atoms with van der Waals surface area (Å²) in [4.78, 5) is 0. The molecule has 1 aromatic carbocycles. The van der Waals surface area contributed by atoms with Crippen molar-refractivity contribution in [2.75, 3.05) is 7.11 Å². The minimum Gasteiger partial charge on any atom is -0.496 e. The van der Waals surface area contributed by atoms with Gasteiger partial charge in [-0.25, -0.2) is 0 Å². The van der Waals surface area contributed by atoms with Gasteiger partial charge in [-0.15, -0.1) is 13.2 Å². The van der Waals surface area contributed by atoms with E-state index in [1.807, 2.05) is 30.3 Å². The molecule has 1 rings (SSSR count). The molecule has 2 heteroatoms. The minimum atomic E-state index is -0.928. The highest BCUT2D eigenvalue weighted by Crippen LogP contribution is 2.36. The van der Waals surface area contributed by atoms with Crippen molar-refractivity contribution in [2.24, 2.45) is 0 Å². The van der Waals surface area contributed by atoms with Crippen molar-refractivity contribution in [3.63, 3.8) is 0 Å². The second-order valence-electron chi connectivity index (χ2n) is 4.05. The van der Waals surface area contributed by atoms with Crippen LogP contribution in [0.2, 0.25) is 0 Å². The van der Waals surface area contributed by atoms with Gasteiger partial charge >= 0.3 is 0 Å². The number of benzene rings is 1. The summed E-state index contributed by atoms with van der Waals surface area (Å²) >= 11 is 0. The van der Waals surface area contributed by atoms with Crippen molar-refractivity contribution < 1.29 is 9.84 Å². The Morgan fingerprint density at radius 2 is 2.00 bits per heavy atom. The molecule has 1 N–H and O–H groups in total. The zero-order valence-electron chi connectivity index (χ0n) is 10.4. The van der Waals surface area contributed by atoms with Crippen LogP contribution >= 0.6 is 0 Å². The molecule has 0 saturated carbocycles. The lowest BCUT2D eigenvalue weighted by atomic mass is 9.85. The predicted octanol–water partition coefficient (Wildman–Crippen LogP) is 3.43. The highest BCUT2D eigenvalue weighted by atomic mass is 16.5. The average molecular weight is 232 g/mol. The fraction of sp³-hybridized carbons (Fsp3) is 0.333. The minimum absolute atomic E-state index is 0.501. The van der Waals surface area contributed by atoms with Crippen LogP contribution in [0.5, 0.6) is 5.75 Å². The van der Waals surface area contributed by atoms with E-state index in [9.17, 15) is 5.11 Å². The van der Waals surface area contributed by atoms with Crippen LogP contribution in [0.15, 0.2) is 49.6 Å². The molecule has 0 fully saturated rings. The van der Waals surface area contributed by atoms with Crippen LogP contribution in [-0.4, -0.2) is 12.2 Å². The molecule has 0 bridgehead atoms. The molecular formula is C15H20O2. The maximum absolute atomic E-state index is 10.7. The monoisotopic (exact) mass is 232 g/mol. The van der Waals surface area contributed by atoms with E-state index < -0.39 is 5.60 Å². The fourth-order valence-corrected chi connectivity index (χ4v) is 1.96. The standard InChI is InChI=1S/C15H20O2/c1-4-6-12-15(16,11-5-2)13-9-7-8-10-14(13)17-3/h4-5,7-10,16H,1-2,6,11-12H2,3H3. The molecule has 0 amide bonds. The quantitative estimate of drug-likeness (QED) is 0.730. The number of ether oxygens (including phenoxy) is 1. The van der Waals surface area contributed by atoms with Crippen molar-refractivity contribution in [2.45, 2.75) is 24.9 Å². The summed E-state index contributed by atoms with van der Waals surface area (Å²) in [5.74, 6) is 0.709. The van der Waals surface area contributed by atoms with Crippen molar-refractivity contribution in [3.8, 4) is 5.75 Å². The van der Waals surface area contributed by atoms with Crippen molar-refractivity contribution in [3.05, 3.63) is 55.1 Å². The third-order valence-corrected chi connectivity index (χ3v) is 2.85. The van der Waals surface area contributed by atoms with Crippen LogP contribution in [0.25, 0.3) is 0 Å². The van der Waals surface area contributed by atoms with Gasteiger partial charge in [0.1, 0.15) is 5.75 Å². The number of methoxy groups -OCH3 is 1. The van der Waals surface area contributed by atoms with Gasteiger partial charge in [0.15, 0.2) is 0 Å². The number of hydrogen-bond acceptors (Lipinski definition) is 2. The average Bonchev–Trinajstić information content (AvgIpc) is 2.36. The highest BCUT2D eigenvalue weighted by Gasteiger charge is 2.29. The van der Waals surface area contributed by atoms with Crippen LogP contribution in [0.4, 0.5) is 0 Å². The van der Waals surface area contributed by atoms with Crippen LogP contribution in [0, 0.1) is 0 Å². The van der Waals surface area contributed by atoms with Gasteiger partial charge in [-0.2, -0.15) is 0 Å². The number of para-hydroxylation sites is 1. The second kappa shape index (κ2) is 6.26. The number of allylic oxidation sites excluding steroid dienone is 1. The first-order valence-electron chi connectivity index (χ1n) is 5.75. The van der Waals surface area contributed by atoms with Gasteiger partial charge < -0.3 is 9.84 Å². The Labute approximate surface area is 103 Å². The Balaban J connectivity index is 3.10. The summed E-state index contributed by atoms with van der Waals surface area (Å²) in [5.41, 5.74) is -0.119. The molecule has 17 heavy (non-hydrogen) atoms. The molecular weight excluding hydrogens is 212 g/mol. The molecule has 0 aliphatic heterocycles. The first kappa shape index (κ1) is 13.5. The van der Waals surface area contributed by atoms with E-state index in [-0.39, 0.29) is 0 Å². The largest absolute Gasteiger partial charge is 0.496 e. The van der Waals surface area contributed by atoms with Gasteiger partial charge in [0.05, 0.1) is 12.7 Å². The Hall–Kier alpha value is -1.54. The van der Waals surface area contributed by atoms with Crippen LogP contribution in [0.1, 0.15) is 24.8 Å². The molecule has 1 aromatic rings. The van der Waals surface area contributed by atoms with E-state index in [0.29, 0.717) is 18.6 Å². The van der Waals surface area contributed by atoms with Crippen LogP contribution in [-0.2, 0) is 5.60 Å². The SMILES string of the molecule is C=CCCC(O)(CC=C)c1ccccc1OC. The van der Waals surface area contributed by atoms with Gasteiger partial charge in [0.2, 0.25) is 0 Å². The molecule has 0 heterocycles. The molecule has 0 radical (unpaired) electrons. The lowest BCUT2D eigenvalue weighted by Crippen LogP contribution is -2.25. The summed E-state index contributed by atoms with van der Waals surface area (Å²) in [6.45, 7) is 7.40. The number of aliphatic hydroxyl groups is 1. The van der Waals surface area contributed by atoms with Crippen LogP contribution in [0.3, 0.4) is 0 Å². The molecule has 0 aliphatic carbocycles. The van der Waals surface area contributed by atoms with Crippen molar-refractivity contribution in [1.29, 1.82) is 0 Å². The zero-order chi connectivity index (χ0) is 12.7. The van der Waals surface area contributed by atoms with Gasteiger partial charge in [0.25, 0.3) is 0 Å². The van der Waals surface area contributed by atoms with E-state index in [0.717, 1.165) is 12.0 Å². The first-order chi connectivity index (χ1) is 8.18. The first-order valence-corrected chi connectivity index (χ1v) is 5.75. The lowest BCUT2D eigenvalue weighted by molar-refractivity contribution is 0.0292. The summed E-state index contributed by atoms with van der Waals surface area (Å²) in [7, 11) is 1.61. The maximum atomic E-state index is 10.7.